The molecule has 0 aliphatic rings. The van der Waals surface area contributed by atoms with E-state index in [-0.39, 0.29) is 0 Å². The third kappa shape index (κ3) is 2.78. The molecule has 0 fully saturated rings. The van der Waals surface area contributed by atoms with Gasteiger partial charge >= 0.3 is 0 Å². The van der Waals surface area contributed by atoms with Crippen molar-refractivity contribution in [3.8, 4) is 0 Å². The van der Waals surface area contributed by atoms with Gasteiger partial charge in [0.2, 0.25) is 0 Å². The molecule has 0 unspecified atom stereocenters. The molecular formula is C13H18N4. The van der Waals surface area contributed by atoms with Gasteiger partial charge in [-0.1, -0.05) is 30.3 Å². The van der Waals surface area contributed by atoms with Crippen LogP contribution in [0.25, 0.3) is 0 Å². The lowest BCUT2D eigenvalue weighted by Crippen LogP contribution is -2.21. The van der Waals surface area contributed by atoms with E-state index in [4.69, 9.17) is 5.73 Å². The standard InChI is InChI=1S/C13H18N4/c1-16(13-12(14)10-17(2)15-13)9-8-11-6-4-3-5-7-11/h3-7,10H,8-9,14H2,1-2H3. The van der Waals surface area contributed by atoms with Crippen LogP contribution in [-0.2, 0) is 13.5 Å². The van der Waals surface area contributed by atoms with Gasteiger partial charge in [-0.25, -0.2) is 0 Å². The predicted molar refractivity (Wildman–Crippen MR) is 71.0 cm³/mol. The first kappa shape index (κ1) is 11.5. The number of nitrogens with zero attached hydrogens (tertiary/aromatic N) is 3. The maximum absolute atomic E-state index is 5.89. The highest BCUT2D eigenvalue weighted by Gasteiger charge is 2.09. The number of aryl methyl sites for hydroxylation is 1. The van der Waals surface area contributed by atoms with Crippen molar-refractivity contribution in [3.05, 3.63) is 42.1 Å². The smallest absolute Gasteiger partial charge is 0.173 e. The Balaban J connectivity index is 1.98. The monoisotopic (exact) mass is 230 g/mol. The zero-order valence-corrected chi connectivity index (χ0v) is 10.3. The molecular weight excluding hydrogens is 212 g/mol. The van der Waals surface area contributed by atoms with Crippen molar-refractivity contribution in [2.75, 3.05) is 24.2 Å². The Morgan fingerprint density at radius 3 is 2.59 bits per heavy atom. The van der Waals surface area contributed by atoms with Crippen LogP contribution in [0.15, 0.2) is 36.5 Å². The molecule has 2 aromatic rings. The third-order valence-electron chi connectivity index (χ3n) is 2.78. The molecule has 4 nitrogen and oxygen atoms in total. The molecule has 17 heavy (non-hydrogen) atoms. The van der Waals surface area contributed by atoms with Gasteiger partial charge < -0.3 is 10.6 Å². The van der Waals surface area contributed by atoms with E-state index in [0.29, 0.717) is 0 Å². The van der Waals surface area contributed by atoms with Crippen LogP contribution >= 0.6 is 0 Å². The number of likely N-dealkylation sites (N-methyl/N-ethyl adjacent to an activating group) is 1. The van der Waals surface area contributed by atoms with Gasteiger partial charge in [0.25, 0.3) is 0 Å². The molecule has 0 saturated heterocycles. The molecule has 0 amide bonds. The molecule has 0 saturated carbocycles. The van der Waals surface area contributed by atoms with Crippen molar-refractivity contribution >= 4 is 11.5 Å². The number of rotatable bonds is 4. The van der Waals surface area contributed by atoms with Crippen LogP contribution in [0, 0.1) is 0 Å². The third-order valence-corrected chi connectivity index (χ3v) is 2.78. The first-order valence-corrected chi connectivity index (χ1v) is 5.71. The summed E-state index contributed by atoms with van der Waals surface area (Å²) in [4.78, 5) is 2.09. The SMILES string of the molecule is CN(CCc1ccccc1)c1nn(C)cc1N. The first-order valence-electron chi connectivity index (χ1n) is 5.71. The fourth-order valence-electron chi connectivity index (χ4n) is 1.84. The maximum Gasteiger partial charge on any atom is 0.173 e. The molecule has 0 aliphatic heterocycles. The molecule has 0 spiro atoms. The first-order chi connectivity index (χ1) is 8.16. The van der Waals surface area contributed by atoms with E-state index >= 15 is 0 Å². The molecule has 4 heteroatoms. The Morgan fingerprint density at radius 1 is 1.29 bits per heavy atom. The van der Waals surface area contributed by atoms with Crippen molar-refractivity contribution < 1.29 is 0 Å². The number of anilines is 2. The lowest BCUT2D eigenvalue weighted by molar-refractivity contribution is 0.750. The zero-order chi connectivity index (χ0) is 12.3. The predicted octanol–water partition coefficient (Wildman–Crippen LogP) is 1.68. The van der Waals surface area contributed by atoms with E-state index in [0.717, 1.165) is 24.5 Å². The second-order valence-corrected chi connectivity index (χ2v) is 4.24. The number of nitrogen functional groups attached to an aromatic ring is 1. The number of hydrogen-bond donors (Lipinski definition) is 1. The van der Waals surface area contributed by atoms with Gasteiger partial charge in [-0.05, 0) is 12.0 Å². The second kappa shape index (κ2) is 4.91. The highest BCUT2D eigenvalue weighted by atomic mass is 15.3. The quantitative estimate of drug-likeness (QED) is 0.869. The van der Waals surface area contributed by atoms with Gasteiger partial charge in [0.1, 0.15) is 0 Å². The molecule has 2 N–H and O–H groups in total. The minimum atomic E-state index is 0.725. The fraction of sp³-hybridized carbons (Fsp3) is 0.308. The van der Waals surface area contributed by atoms with E-state index in [2.05, 4.69) is 34.3 Å². The summed E-state index contributed by atoms with van der Waals surface area (Å²) in [5, 5.41) is 4.34. The molecule has 1 aromatic carbocycles. The van der Waals surface area contributed by atoms with Crippen LogP contribution in [0.4, 0.5) is 11.5 Å². The van der Waals surface area contributed by atoms with Crippen molar-refractivity contribution in [2.45, 2.75) is 6.42 Å². The summed E-state index contributed by atoms with van der Waals surface area (Å²) in [5.74, 6) is 0.850. The number of nitrogens with two attached hydrogens (primary N) is 1. The lowest BCUT2D eigenvalue weighted by Gasteiger charge is -2.16. The highest BCUT2D eigenvalue weighted by molar-refractivity contribution is 5.61. The summed E-state index contributed by atoms with van der Waals surface area (Å²) in [6, 6.07) is 10.4. The average molecular weight is 230 g/mol. The fourth-order valence-corrected chi connectivity index (χ4v) is 1.84. The molecule has 0 atom stereocenters. The minimum Gasteiger partial charge on any atom is -0.394 e. The number of benzene rings is 1. The number of hydrogen-bond acceptors (Lipinski definition) is 3. The molecule has 0 aliphatic carbocycles. The molecule has 1 heterocycles. The van der Waals surface area contributed by atoms with E-state index < -0.39 is 0 Å². The molecule has 0 bridgehead atoms. The summed E-state index contributed by atoms with van der Waals surface area (Å²) in [6.07, 6.45) is 2.82. The largest absolute Gasteiger partial charge is 0.394 e. The summed E-state index contributed by atoms with van der Waals surface area (Å²) in [5.41, 5.74) is 7.94. The Hall–Kier alpha value is -1.97. The average Bonchev–Trinajstić information content (AvgIpc) is 2.67. The normalized spacial score (nSPS) is 10.5. The van der Waals surface area contributed by atoms with Crippen LogP contribution in [0.3, 0.4) is 0 Å². The van der Waals surface area contributed by atoms with Gasteiger partial charge in [0.05, 0.1) is 5.69 Å². The van der Waals surface area contributed by atoms with Crippen molar-refractivity contribution in [2.24, 2.45) is 7.05 Å². The second-order valence-electron chi connectivity index (χ2n) is 4.24. The van der Waals surface area contributed by atoms with E-state index in [9.17, 15) is 0 Å². The van der Waals surface area contributed by atoms with Crippen molar-refractivity contribution in [3.63, 3.8) is 0 Å². The van der Waals surface area contributed by atoms with Gasteiger partial charge in [0.15, 0.2) is 5.82 Å². The summed E-state index contributed by atoms with van der Waals surface area (Å²) < 4.78 is 1.74. The summed E-state index contributed by atoms with van der Waals surface area (Å²) >= 11 is 0. The molecule has 90 valence electrons. The van der Waals surface area contributed by atoms with Crippen LogP contribution in [-0.4, -0.2) is 23.4 Å². The van der Waals surface area contributed by atoms with Gasteiger partial charge in [-0.15, -0.1) is 0 Å². The lowest BCUT2D eigenvalue weighted by atomic mass is 10.1. The van der Waals surface area contributed by atoms with Crippen molar-refractivity contribution in [1.82, 2.24) is 9.78 Å². The van der Waals surface area contributed by atoms with Crippen LogP contribution < -0.4 is 10.6 Å². The van der Waals surface area contributed by atoms with Crippen LogP contribution in [0.5, 0.6) is 0 Å². The van der Waals surface area contributed by atoms with Crippen LogP contribution in [0.1, 0.15) is 5.56 Å². The van der Waals surface area contributed by atoms with Gasteiger partial charge in [0, 0.05) is 26.8 Å². The Morgan fingerprint density at radius 2 is 2.00 bits per heavy atom. The van der Waals surface area contributed by atoms with Crippen LogP contribution in [0.2, 0.25) is 0 Å². The molecule has 0 radical (unpaired) electrons. The summed E-state index contributed by atoms with van der Waals surface area (Å²) in [7, 11) is 3.90. The maximum atomic E-state index is 5.89. The number of aromatic nitrogens is 2. The molecule has 2 rings (SSSR count). The topological polar surface area (TPSA) is 47.1 Å². The van der Waals surface area contributed by atoms with Gasteiger partial charge in [-0.2, -0.15) is 5.10 Å². The Kier molecular flexibility index (Phi) is 3.32. The van der Waals surface area contributed by atoms with Gasteiger partial charge in [-0.3, -0.25) is 4.68 Å². The van der Waals surface area contributed by atoms with E-state index in [1.165, 1.54) is 5.56 Å². The highest BCUT2D eigenvalue weighted by Crippen LogP contribution is 2.18. The zero-order valence-electron chi connectivity index (χ0n) is 10.3. The van der Waals surface area contributed by atoms with Crippen molar-refractivity contribution in [1.29, 1.82) is 0 Å². The van der Waals surface area contributed by atoms with E-state index in [1.807, 2.05) is 26.4 Å². The Labute approximate surface area is 102 Å². The Bertz CT molecular complexity index is 475. The minimum absolute atomic E-state index is 0.725. The summed E-state index contributed by atoms with van der Waals surface area (Å²) in [6.45, 7) is 0.908. The molecule has 1 aromatic heterocycles. The van der Waals surface area contributed by atoms with E-state index in [1.54, 1.807) is 4.68 Å².